The average molecular weight is 441 g/mol. The van der Waals surface area contributed by atoms with Gasteiger partial charge in [0, 0.05) is 40.7 Å². The lowest BCUT2D eigenvalue weighted by Crippen LogP contribution is -2.18. The topological polar surface area (TPSA) is 84.0 Å². The molecule has 0 aliphatic carbocycles. The molecule has 0 unspecified atom stereocenters. The molecule has 1 aromatic carbocycles. The molecule has 6 nitrogen and oxygen atoms in total. The number of hydrogen-bond donors (Lipinski definition) is 2. The lowest BCUT2D eigenvalue weighted by Gasteiger charge is -2.03. The van der Waals surface area contributed by atoms with Gasteiger partial charge in [-0.25, -0.2) is 9.97 Å². The quantitative estimate of drug-likeness (QED) is 0.447. The summed E-state index contributed by atoms with van der Waals surface area (Å²) in [7, 11) is 0. The molecule has 146 valence electrons. The first kappa shape index (κ1) is 19.4. The predicted octanol–water partition coefficient (Wildman–Crippen LogP) is 4.88. The Hall–Kier alpha value is -2.88. The molecular weight excluding hydrogens is 424 g/mol. The van der Waals surface area contributed by atoms with Gasteiger partial charge in [-0.05, 0) is 17.0 Å². The van der Waals surface area contributed by atoms with Crippen LogP contribution in [0.5, 0.6) is 0 Å². The van der Waals surface area contributed by atoms with Crippen molar-refractivity contribution in [2.45, 2.75) is 13.5 Å². The van der Waals surface area contributed by atoms with Crippen LogP contribution in [0.2, 0.25) is 0 Å². The second-order valence-electron chi connectivity index (χ2n) is 6.15. The fraction of sp³-hybridized carbons (Fsp3) is 0.100. The third-order valence-corrected chi connectivity index (χ3v) is 6.35. The van der Waals surface area contributed by atoms with Crippen LogP contribution in [-0.2, 0) is 11.3 Å². The summed E-state index contributed by atoms with van der Waals surface area (Å²) >= 11 is 4.41. The highest BCUT2D eigenvalue weighted by molar-refractivity contribution is 7.14. The van der Waals surface area contributed by atoms with E-state index in [0.717, 1.165) is 27.4 Å². The van der Waals surface area contributed by atoms with Crippen LogP contribution in [-0.4, -0.2) is 21.8 Å². The maximum absolute atomic E-state index is 12.5. The van der Waals surface area contributed by atoms with Crippen molar-refractivity contribution >= 4 is 51.0 Å². The van der Waals surface area contributed by atoms with Crippen molar-refractivity contribution in [2.75, 3.05) is 5.32 Å². The minimum Gasteiger partial charge on any atom is -0.352 e. The van der Waals surface area contributed by atoms with Crippen molar-refractivity contribution < 1.29 is 9.59 Å². The van der Waals surface area contributed by atoms with Crippen molar-refractivity contribution in [1.29, 1.82) is 0 Å². The molecule has 9 heteroatoms. The van der Waals surface area contributed by atoms with Gasteiger partial charge in [-0.15, -0.1) is 22.7 Å². The summed E-state index contributed by atoms with van der Waals surface area (Å²) < 4.78 is 0. The summed E-state index contributed by atoms with van der Waals surface area (Å²) in [5.74, 6) is -0.328. The van der Waals surface area contributed by atoms with Gasteiger partial charge in [0.1, 0.15) is 10.7 Å². The standard InChI is InChI=1S/C20H16N4O2S3/c1-12(25)21-8-13-2-4-14(5-3-13)16-10-29-20(23-16)24-18(26)17-11-28-19(22-17)15-6-7-27-9-15/h2-7,9-11H,8H2,1H3,(H,21,25)(H,23,24,26). The molecule has 0 fully saturated rings. The predicted molar refractivity (Wildman–Crippen MR) is 118 cm³/mol. The van der Waals surface area contributed by atoms with Gasteiger partial charge in [0.2, 0.25) is 5.91 Å². The number of nitrogens with one attached hydrogen (secondary N) is 2. The third-order valence-electron chi connectivity index (χ3n) is 4.02. The van der Waals surface area contributed by atoms with E-state index in [9.17, 15) is 9.59 Å². The van der Waals surface area contributed by atoms with E-state index >= 15 is 0 Å². The molecule has 0 spiro atoms. The molecule has 0 bridgehead atoms. The van der Waals surface area contributed by atoms with Gasteiger partial charge in [-0.2, -0.15) is 11.3 Å². The number of aromatic nitrogens is 2. The number of hydrogen-bond acceptors (Lipinski definition) is 7. The molecule has 0 aliphatic rings. The zero-order valence-electron chi connectivity index (χ0n) is 15.3. The van der Waals surface area contributed by atoms with E-state index in [-0.39, 0.29) is 11.8 Å². The smallest absolute Gasteiger partial charge is 0.276 e. The molecule has 0 aliphatic heterocycles. The number of nitrogens with zero attached hydrogens (tertiary/aromatic N) is 2. The van der Waals surface area contributed by atoms with Crippen LogP contribution in [0.25, 0.3) is 21.8 Å². The lowest BCUT2D eigenvalue weighted by atomic mass is 10.1. The molecule has 3 heterocycles. The molecule has 0 saturated carbocycles. The number of anilines is 1. The van der Waals surface area contributed by atoms with E-state index in [1.54, 1.807) is 16.7 Å². The second kappa shape index (κ2) is 8.64. The molecular formula is C20H16N4O2S3. The van der Waals surface area contributed by atoms with Crippen LogP contribution in [0.4, 0.5) is 5.13 Å². The van der Waals surface area contributed by atoms with Crippen molar-refractivity contribution in [3.63, 3.8) is 0 Å². The molecule has 0 saturated heterocycles. The number of thiophene rings is 1. The van der Waals surface area contributed by atoms with Crippen molar-refractivity contribution in [3.05, 3.63) is 63.1 Å². The third kappa shape index (κ3) is 4.76. The SMILES string of the molecule is CC(=O)NCc1ccc(-c2csc(NC(=O)c3csc(-c4ccsc4)n3)n2)cc1. The summed E-state index contributed by atoms with van der Waals surface area (Å²) in [6, 6.07) is 9.78. The Morgan fingerprint density at radius 1 is 0.966 bits per heavy atom. The van der Waals surface area contributed by atoms with Crippen molar-refractivity contribution in [3.8, 4) is 21.8 Å². The number of thiazole rings is 2. The summed E-state index contributed by atoms with van der Waals surface area (Å²) in [6.07, 6.45) is 0. The molecule has 0 radical (unpaired) electrons. The zero-order chi connectivity index (χ0) is 20.2. The van der Waals surface area contributed by atoms with Gasteiger partial charge in [0.25, 0.3) is 5.91 Å². The van der Waals surface area contributed by atoms with Crippen LogP contribution in [0, 0.1) is 0 Å². The lowest BCUT2D eigenvalue weighted by molar-refractivity contribution is -0.119. The van der Waals surface area contributed by atoms with Gasteiger partial charge < -0.3 is 5.32 Å². The Balaban J connectivity index is 1.41. The molecule has 4 aromatic rings. The highest BCUT2D eigenvalue weighted by Crippen LogP contribution is 2.28. The summed E-state index contributed by atoms with van der Waals surface area (Å²) in [5.41, 5.74) is 4.15. The van der Waals surface area contributed by atoms with E-state index < -0.39 is 0 Å². The largest absolute Gasteiger partial charge is 0.352 e. The molecule has 4 rings (SSSR count). The average Bonchev–Trinajstić information content (AvgIpc) is 3.47. The minimum absolute atomic E-state index is 0.0588. The highest BCUT2D eigenvalue weighted by Gasteiger charge is 2.14. The van der Waals surface area contributed by atoms with Crippen LogP contribution >= 0.6 is 34.0 Å². The summed E-state index contributed by atoms with van der Waals surface area (Å²) in [5, 5.41) is 14.6. The monoisotopic (exact) mass is 440 g/mol. The van der Waals surface area contributed by atoms with E-state index in [2.05, 4.69) is 20.6 Å². The second-order valence-corrected chi connectivity index (χ2v) is 8.64. The number of benzene rings is 1. The Morgan fingerprint density at radius 3 is 2.52 bits per heavy atom. The zero-order valence-corrected chi connectivity index (χ0v) is 17.8. The number of carbonyl (C=O) groups is 2. The first-order valence-corrected chi connectivity index (χ1v) is 11.4. The summed E-state index contributed by atoms with van der Waals surface area (Å²) in [4.78, 5) is 32.4. The summed E-state index contributed by atoms with van der Waals surface area (Å²) in [6.45, 7) is 1.99. The Morgan fingerprint density at radius 2 is 1.79 bits per heavy atom. The van der Waals surface area contributed by atoms with Crippen LogP contribution in [0.15, 0.2) is 51.9 Å². The number of amides is 2. The Labute approximate surface area is 179 Å². The Bertz CT molecular complexity index is 1130. The van der Waals surface area contributed by atoms with Crippen LogP contribution < -0.4 is 10.6 Å². The van der Waals surface area contributed by atoms with Gasteiger partial charge in [0.05, 0.1) is 5.69 Å². The Kier molecular flexibility index (Phi) is 5.79. The fourth-order valence-electron chi connectivity index (χ4n) is 2.54. The molecule has 29 heavy (non-hydrogen) atoms. The first-order valence-electron chi connectivity index (χ1n) is 8.67. The first-order chi connectivity index (χ1) is 14.1. The number of carbonyl (C=O) groups excluding carboxylic acids is 2. The van der Waals surface area contributed by atoms with Gasteiger partial charge in [-0.3, -0.25) is 14.9 Å². The molecule has 2 N–H and O–H groups in total. The fourth-order valence-corrected chi connectivity index (χ4v) is 4.77. The minimum atomic E-state index is -0.269. The van der Waals surface area contributed by atoms with Gasteiger partial charge in [0.15, 0.2) is 5.13 Å². The molecule has 2 amide bonds. The number of rotatable bonds is 6. The van der Waals surface area contributed by atoms with E-state index in [1.807, 2.05) is 46.5 Å². The van der Waals surface area contributed by atoms with Gasteiger partial charge in [-0.1, -0.05) is 24.3 Å². The van der Waals surface area contributed by atoms with Crippen molar-refractivity contribution in [2.24, 2.45) is 0 Å². The normalized spacial score (nSPS) is 10.7. The van der Waals surface area contributed by atoms with Gasteiger partial charge >= 0.3 is 0 Å². The van der Waals surface area contributed by atoms with Crippen LogP contribution in [0.1, 0.15) is 23.0 Å². The molecule has 0 atom stereocenters. The van der Waals surface area contributed by atoms with Crippen molar-refractivity contribution in [1.82, 2.24) is 15.3 Å². The van der Waals surface area contributed by atoms with E-state index in [1.165, 1.54) is 29.6 Å². The molecule has 3 aromatic heterocycles. The maximum Gasteiger partial charge on any atom is 0.276 e. The van der Waals surface area contributed by atoms with E-state index in [0.29, 0.717) is 17.4 Å². The van der Waals surface area contributed by atoms with E-state index in [4.69, 9.17) is 0 Å². The highest BCUT2D eigenvalue weighted by atomic mass is 32.1. The van der Waals surface area contributed by atoms with Crippen LogP contribution in [0.3, 0.4) is 0 Å². The maximum atomic E-state index is 12.5.